The summed E-state index contributed by atoms with van der Waals surface area (Å²) in [5.41, 5.74) is 2.51. The lowest BCUT2D eigenvalue weighted by Crippen LogP contribution is -2.51. The molecule has 108 valence electrons. The van der Waals surface area contributed by atoms with E-state index in [1.54, 1.807) is 0 Å². The van der Waals surface area contributed by atoms with Crippen LogP contribution >= 0.6 is 0 Å². The van der Waals surface area contributed by atoms with Crippen molar-refractivity contribution in [3.8, 4) is 0 Å². The Balaban J connectivity index is 1.68. The number of rotatable bonds is 2. The van der Waals surface area contributed by atoms with Gasteiger partial charge in [-0.2, -0.15) is 0 Å². The number of nitrogens with one attached hydrogen (secondary N) is 1. The molecular weight excluding hydrogens is 252 g/mol. The standard InChI is InChI=1S/C16H22N2O2/c1-12-11-18(8-7-17-12)16(19)10-15-14-5-3-2-4-13(14)6-9-20-15/h2-5,12,15,17H,6-11H2,1H3/t12-,15-/m0/s1. The summed E-state index contributed by atoms with van der Waals surface area (Å²) >= 11 is 0. The minimum absolute atomic E-state index is 0.0716. The first-order valence-electron chi connectivity index (χ1n) is 7.44. The van der Waals surface area contributed by atoms with E-state index in [1.807, 2.05) is 11.0 Å². The van der Waals surface area contributed by atoms with Gasteiger partial charge in [0.25, 0.3) is 0 Å². The number of fused-ring (bicyclic) bond motifs is 1. The maximum atomic E-state index is 12.4. The van der Waals surface area contributed by atoms with Crippen LogP contribution in [0.1, 0.15) is 30.6 Å². The number of hydrogen-bond acceptors (Lipinski definition) is 3. The van der Waals surface area contributed by atoms with Crippen LogP contribution in [-0.2, 0) is 16.0 Å². The van der Waals surface area contributed by atoms with Gasteiger partial charge >= 0.3 is 0 Å². The zero-order chi connectivity index (χ0) is 13.9. The molecule has 2 aliphatic heterocycles. The summed E-state index contributed by atoms with van der Waals surface area (Å²) < 4.78 is 5.83. The number of carbonyl (C=O) groups is 1. The van der Waals surface area contributed by atoms with Gasteiger partial charge < -0.3 is 15.0 Å². The van der Waals surface area contributed by atoms with Gasteiger partial charge in [0.05, 0.1) is 19.1 Å². The van der Waals surface area contributed by atoms with Crippen LogP contribution in [-0.4, -0.2) is 43.1 Å². The third-order valence-electron chi connectivity index (χ3n) is 4.17. The van der Waals surface area contributed by atoms with Crippen LogP contribution in [0.5, 0.6) is 0 Å². The third-order valence-corrected chi connectivity index (χ3v) is 4.17. The number of piperazine rings is 1. The lowest BCUT2D eigenvalue weighted by Gasteiger charge is -2.34. The molecule has 1 aromatic rings. The van der Waals surface area contributed by atoms with E-state index in [-0.39, 0.29) is 12.0 Å². The van der Waals surface area contributed by atoms with Gasteiger partial charge in [-0.1, -0.05) is 24.3 Å². The Morgan fingerprint density at radius 3 is 3.15 bits per heavy atom. The van der Waals surface area contributed by atoms with E-state index in [0.29, 0.717) is 19.1 Å². The van der Waals surface area contributed by atoms with Crippen molar-refractivity contribution < 1.29 is 9.53 Å². The van der Waals surface area contributed by atoms with Crippen molar-refractivity contribution >= 4 is 5.91 Å². The second kappa shape index (κ2) is 5.94. The van der Waals surface area contributed by atoms with Gasteiger partial charge in [-0.3, -0.25) is 4.79 Å². The number of ether oxygens (including phenoxy) is 1. The largest absolute Gasteiger partial charge is 0.373 e. The molecule has 4 nitrogen and oxygen atoms in total. The van der Waals surface area contributed by atoms with Gasteiger partial charge in [0.1, 0.15) is 0 Å². The van der Waals surface area contributed by atoms with Crippen LogP contribution in [0.4, 0.5) is 0 Å². The summed E-state index contributed by atoms with van der Waals surface area (Å²) in [6, 6.07) is 8.70. The van der Waals surface area contributed by atoms with E-state index in [1.165, 1.54) is 11.1 Å². The Labute approximate surface area is 120 Å². The molecule has 0 unspecified atom stereocenters. The summed E-state index contributed by atoms with van der Waals surface area (Å²) in [6.45, 7) is 5.32. The van der Waals surface area contributed by atoms with Crippen molar-refractivity contribution in [2.24, 2.45) is 0 Å². The molecular formula is C16H22N2O2. The molecule has 0 aliphatic carbocycles. The molecule has 4 heteroatoms. The number of benzene rings is 1. The van der Waals surface area contributed by atoms with Crippen molar-refractivity contribution in [3.63, 3.8) is 0 Å². The van der Waals surface area contributed by atoms with Crippen molar-refractivity contribution in [1.29, 1.82) is 0 Å². The molecule has 20 heavy (non-hydrogen) atoms. The summed E-state index contributed by atoms with van der Waals surface area (Å²) in [6.07, 6.45) is 1.34. The highest BCUT2D eigenvalue weighted by Gasteiger charge is 2.27. The Morgan fingerprint density at radius 1 is 1.45 bits per heavy atom. The predicted octanol–water partition coefficient (Wildman–Crippen LogP) is 1.51. The summed E-state index contributed by atoms with van der Waals surface area (Å²) in [4.78, 5) is 14.4. The topological polar surface area (TPSA) is 41.6 Å². The van der Waals surface area contributed by atoms with E-state index in [2.05, 4.69) is 30.4 Å². The normalized spacial score (nSPS) is 26.1. The highest BCUT2D eigenvalue weighted by molar-refractivity contribution is 5.77. The minimum Gasteiger partial charge on any atom is -0.373 e. The average Bonchev–Trinajstić information content (AvgIpc) is 2.47. The van der Waals surface area contributed by atoms with Crippen LogP contribution < -0.4 is 5.32 Å². The molecule has 3 rings (SSSR count). The maximum Gasteiger partial charge on any atom is 0.225 e. The zero-order valence-corrected chi connectivity index (χ0v) is 12.0. The molecule has 1 N–H and O–H groups in total. The second-order valence-electron chi connectivity index (χ2n) is 5.71. The van der Waals surface area contributed by atoms with Crippen LogP contribution in [0.25, 0.3) is 0 Å². The molecule has 2 aliphatic rings. The zero-order valence-electron chi connectivity index (χ0n) is 12.0. The lowest BCUT2D eigenvalue weighted by molar-refractivity contribution is -0.135. The first-order chi connectivity index (χ1) is 9.74. The van der Waals surface area contributed by atoms with Crippen molar-refractivity contribution in [2.45, 2.75) is 31.9 Å². The van der Waals surface area contributed by atoms with Gasteiger partial charge in [-0.15, -0.1) is 0 Å². The van der Waals surface area contributed by atoms with E-state index in [0.717, 1.165) is 26.1 Å². The lowest BCUT2D eigenvalue weighted by atomic mass is 9.95. The van der Waals surface area contributed by atoms with Gasteiger partial charge in [0.15, 0.2) is 0 Å². The average molecular weight is 274 g/mol. The van der Waals surface area contributed by atoms with Gasteiger partial charge in [0.2, 0.25) is 5.91 Å². The van der Waals surface area contributed by atoms with Gasteiger partial charge in [-0.25, -0.2) is 0 Å². The second-order valence-corrected chi connectivity index (χ2v) is 5.71. The predicted molar refractivity (Wildman–Crippen MR) is 77.5 cm³/mol. The fourth-order valence-corrected chi connectivity index (χ4v) is 3.09. The highest BCUT2D eigenvalue weighted by atomic mass is 16.5. The SMILES string of the molecule is C[C@H]1CN(C(=O)C[C@@H]2OCCc3ccccc32)CCN1. The number of amides is 1. The molecule has 0 spiro atoms. The van der Waals surface area contributed by atoms with Crippen LogP contribution in [0.15, 0.2) is 24.3 Å². The molecule has 1 aromatic carbocycles. The van der Waals surface area contributed by atoms with Crippen molar-refractivity contribution in [3.05, 3.63) is 35.4 Å². The smallest absolute Gasteiger partial charge is 0.225 e. The third kappa shape index (κ3) is 2.86. The molecule has 1 saturated heterocycles. The maximum absolute atomic E-state index is 12.4. The van der Waals surface area contributed by atoms with E-state index in [9.17, 15) is 4.79 Å². The Morgan fingerprint density at radius 2 is 2.30 bits per heavy atom. The monoisotopic (exact) mass is 274 g/mol. The van der Waals surface area contributed by atoms with E-state index >= 15 is 0 Å². The molecule has 0 aromatic heterocycles. The summed E-state index contributed by atoms with van der Waals surface area (Å²) in [5, 5.41) is 3.36. The molecule has 0 saturated carbocycles. The molecule has 2 atom stereocenters. The number of carbonyl (C=O) groups excluding carboxylic acids is 1. The molecule has 2 heterocycles. The Kier molecular flexibility index (Phi) is 4.03. The van der Waals surface area contributed by atoms with E-state index in [4.69, 9.17) is 4.74 Å². The molecule has 1 amide bonds. The first-order valence-corrected chi connectivity index (χ1v) is 7.44. The van der Waals surface area contributed by atoms with Crippen molar-refractivity contribution in [2.75, 3.05) is 26.2 Å². The fourth-order valence-electron chi connectivity index (χ4n) is 3.09. The van der Waals surface area contributed by atoms with Crippen molar-refractivity contribution in [1.82, 2.24) is 10.2 Å². The number of hydrogen-bond donors (Lipinski definition) is 1. The summed E-state index contributed by atoms with van der Waals surface area (Å²) in [5.74, 6) is 0.208. The first kappa shape index (κ1) is 13.6. The summed E-state index contributed by atoms with van der Waals surface area (Å²) in [7, 11) is 0. The Bertz CT molecular complexity index is 489. The fraction of sp³-hybridized carbons (Fsp3) is 0.562. The van der Waals surface area contributed by atoms with Crippen LogP contribution in [0.2, 0.25) is 0 Å². The molecule has 1 fully saturated rings. The Hall–Kier alpha value is -1.39. The molecule has 0 radical (unpaired) electrons. The molecule has 0 bridgehead atoms. The van der Waals surface area contributed by atoms with Gasteiger partial charge in [-0.05, 0) is 24.5 Å². The number of nitrogens with zero attached hydrogens (tertiary/aromatic N) is 1. The van der Waals surface area contributed by atoms with Gasteiger partial charge in [0, 0.05) is 25.7 Å². The van der Waals surface area contributed by atoms with Crippen LogP contribution in [0, 0.1) is 0 Å². The minimum atomic E-state index is -0.0716. The quantitative estimate of drug-likeness (QED) is 0.889. The highest BCUT2D eigenvalue weighted by Crippen LogP contribution is 2.30. The van der Waals surface area contributed by atoms with E-state index < -0.39 is 0 Å². The van der Waals surface area contributed by atoms with Crippen LogP contribution in [0.3, 0.4) is 0 Å².